The van der Waals surface area contributed by atoms with Gasteiger partial charge in [-0.25, -0.2) is 0 Å². The van der Waals surface area contributed by atoms with Crippen LogP contribution in [0.1, 0.15) is 6.42 Å². The molecule has 2 amide bonds. The van der Waals surface area contributed by atoms with E-state index in [0.29, 0.717) is 20.9 Å². The fraction of sp³-hybridized carbons (Fsp3) is 0.333. The third kappa shape index (κ3) is 2.69. The number of primary amides is 1. The summed E-state index contributed by atoms with van der Waals surface area (Å²) in [6.45, 7) is 0.252. The molecule has 1 saturated heterocycles. The average Bonchev–Trinajstić information content (AvgIpc) is 2.74. The van der Waals surface area contributed by atoms with E-state index in [2.05, 4.69) is 15.9 Å². The van der Waals surface area contributed by atoms with E-state index in [1.165, 1.54) is 12.0 Å². The summed E-state index contributed by atoms with van der Waals surface area (Å²) < 4.78 is 5.91. The molecule has 1 aromatic rings. The number of carbonyl (C=O) groups excluding carboxylic acids is 2. The van der Waals surface area contributed by atoms with Gasteiger partial charge in [0.25, 0.3) is 0 Å². The molecule has 1 unspecified atom stereocenters. The summed E-state index contributed by atoms with van der Waals surface area (Å²) in [7, 11) is 1.51. The molecule has 0 spiro atoms. The van der Waals surface area contributed by atoms with Gasteiger partial charge in [0.05, 0.1) is 23.7 Å². The van der Waals surface area contributed by atoms with Gasteiger partial charge in [-0.2, -0.15) is 0 Å². The number of hydrogen-bond donors (Lipinski definition) is 1. The standard InChI is InChI=1S/C12H12BrClN2O3/c1-19-10-3-7(13)8(14)4-9(10)16-5-6(12(15)18)2-11(16)17/h3-4,6H,2,5H2,1H3,(H2,15,18). The van der Waals surface area contributed by atoms with Crippen LogP contribution in [0.2, 0.25) is 5.02 Å². The highest BCUT2D eigenvalue weighted by molar-refractivity contribution is 9.10. The Labute approximate surface area is 123 Å². The zero-order chi connectivity index (χ0) is 14.2. The fourth-order valence-corrected chi connectivity index (χ4v) is 2.50. The van der Waals surface area contributed by atoms with Crippen LogP contribution in [0.5, 0.6) is 5.75 Å². The van der Waals surface area contributed by atoms with Crippen molar-refractivity contribution in [1.82, 2.24) is 0 Å². The van der Waals surface area contributed by atoms with E-state index in [4.69, 9.17) is 22.1 Å². The van der Waals surface area contributed by atoms with E-state index in [0.717, 1.165) is 0 Å². The molecule has 1 fully saturated rings. The minimum Gasteiger partial charge on any atom is -0.495 e. The van der Waals surface area contributed by atoms with Crippen LogP contribution in [-0.2, 0) is 9.59 Å². The molecule has 1 heterocycles. The highest BCUT2D eigenvalue weighted by Gasteiger charge is 2.35. The minimum absolute atomic E-state index is 0.117. The number of rotatable bonds is 3. The maximum absolute atomic E-state index is 12.0. The first kappa shape index (κ1) is 14.1. The summed E-state index contributed by atoms with van der Waals surface area (Å²) >= 11 is 9.33. The molecular formula is C12H12BrClN2O3. The second kappa shape index (κ2) is 5.38. The fourth-order valence-electron chi connectivity index (χ4n) is 2.02. The Balaban J connectivity index is 2.39. The molecule has 19 heavy (non-hydrogen) atoms. The van der Waals surface area contributed by atoms with Crippen LogP contribution < -0.4 is 15.4 Å². The summed E-state index contributed by atoms with van der Waals surface area (Å²) in [4.78, 5) is 24.6. The van der Waals surface area contributed by atoms with E-state index in [-0.39, 0.29) is 18.9 Å². The van der Waals surface area contributed by atoms with Crippen molar-refractivity contribution in [2.24, 2.45) is 11.7 Å². The predicted molar refractivity (Wildman–Crippen MR) is 75.4 cm³/mol. The largest absolute Gasteiger partial charge is 0.495 e. The molecule has 0 aliphatic carbocycles. The van der Waals surface area contributed by atoms with Gasteiger partial charge in [0, 0.05) is 17.4 Å². The number of methoxy groups -OCH3 is 1. The Morgan fingerprint density at radius 2 is 2.26 bits per heavy atom. The lowest BCUT2D eigenvalue weighted by molar-refractivity contribution is -0.123. The number of carbonyl (C=O) groups is 2. The maximum Gasteiger partial charge on any atom is 0.227 e. The predicted octanol–water partition coefficient (Wildman–Crippen LogP) is 1.95. The van der Waals surface area contributed by atoms with Crippen molar-refractivity contribution >= 4 is 45.0 Å². The lowest BCUT2D eigenvalue weighted by Crippen LogP contribution is -2.28. The first-order chi connectivity index (χ1) is 8.93. The molecule has 1 aliphatic heterocycles. The molecule has 2 N–H and O–H groups in total. The zero-order valence-corrected chi connectivity index (χ0v) is 12.5. The van der Waals surface area contributed by atoms with Crippen LogP contribution in [0, 0.1) is 5.92 Å². The first-order valence-electron chi connectivity index (χ1n) is 5.56. The van der Waals surface area contributed by atoms with E-state index in [1.54, 1.807) is 12.1 Å². The summed E-state index contributed by atoms with van der Waals surface area (Å²) in [5.74, 6) is -0.604. The summed E-state index contributed by atoms with van der Waals surface area (Å²) in [6, 6.07) is 3.31. The van der Waals surface area contributed by atoms with Crippen LogP contribution in [0.3, 0.4) is 0 Å². The second-order valence-corrected chi connectivity index (χ2v) is 5.51. The molecule has 102 valence electrons. The Morgan fingerprint density at radius 3 is 2.79 bits per heavy atom. The highest BCUT2D eigenvalue weighted by Crippen LogP contribution is 2.38. The van der Waals surface area contributed by atoms with E-state index < -0.39 is 11.8 Å². The Morgan fingerprint density at radius 1 is 1.58 bits per heavy atom. The zero-order valence-electron chi connectivity index (χ0n) is 10.2. The number of halogens is 2. The molecule has 1 atom stereocenters. The van der Waals surface area contributed by atoms with Crippen molar-refractivity contribution < 1.29 is 14.3 Å². The van der Waals surface area contributed by atoms with Gasteiger partial charge in [0.2, 0.25) is 11.8 Å². The SMILES string of the molecule is COc1cc(Br)c(Cl)cc1N1CC(C(N)=O)CC1=O. The van der Waals surface area contributed by atoms with Gasteiger partial charge >= 0.3 is 0 Å². The number of nitrogens with two attached hydrogens (primary N) is 1. The number of amides is 2. The van der Waals surface area contributed by atoms with Gasteiger partial charge in [0.1, 0.15) is 5.75 Å². The average molecular weight is 348 g/mol. The van der Waals surface area contributed by atoms with Gasteiger partial charge in [-0.15, -0.1) is 0 Å². The smallest absolute Gasteiger partial charge is 0.227 e. The maximum atomic E-state index is 12.0. The third-order valence-electron chi connectivity index (χ3n) is 3.04. The molecule has 5 nitrogen and oxygen atoms in total. The number of nitrogens with zero attached hydrogens (tertiary/aromatic N) is 1. The summed E-state index contributed by atoms with van der Waals surface area (Å²) in [6.07, 6.45) is 0.117. The third-order valence-corrected chi connectivity index (χ3v) is 4.24. The van der Waals surface area contributed by atoms with Gasteiger partial charge in [-0.3, -0.25) is 9.59 Å². The number of hydrogen-bond acceptors (Lipinski definition) is 3. The molecule has 1 aromatic carbocycles. The molecule has 0 bridgehead atoms. The van der Waals surface area contributed by atoms with Crippen LogP contribution in [0.15, 0.2) is 16.6 Å². The molecule has 0 saturated carbocycles. The van der Waals surface area contributed by atoms with Gasteiger partial charge in [-0.1, -0.05) is 11.6 Å². The molecule has 2 rings (SSSR count). The lowest BCUT2D eigenvalue weighted by Gasteiger charge is -2.20. The molecular weight excluding hydrogens is 336 g/mol. The van der Waals surface area contributed by atoms with E-state index in [1.807, 2.05) is 0 Å². The lowest BCUT2D eigenvalue weighted by atomic mass is 10.1. The Hall–Kier alpha value is -1.27. The summed E-state index contributed by atoms with van der Waals surface area (Å²) in [5.41, 5.74) is 5.79. The topological polar surface area (TPSA) is 72.6 Å². The molecule has 7 heteroatoms. The minimum atomic E-state index is -0.474. The van der Waals surface area contributed by atoms with Crippen molar-refractivity contribution in [3.05, 3.63) is 21.6 Å². The molecule has 1 aliphatic rings. The first-order valence-corrected chi connectivity index (χ1v) is 6.74. The molecule has 0 aromatic heterocycles. The van der Waals surface area contributed by atoms with Crippen LogP contribution in [0.25, 0.3) is 0 Å². The Bertz CT molecular complexity index is 550. The summed E-state index contributed by atoms with van der Waals surface area (Å²) in [5, 5.41) is 0.464. The van der Waals surface area contributed by atoms with Crippen molar-refractivity contribution in [3.63, 3.8) is 0 Å². The van der Waals surface area contributed by atoms with Crippen molar-refractivity contribution in [2.75, 3.05) is 18.6 Å². The van der Waals surface area contributed by atoms with Crippen LogP contribution in [0.4, 0.5) is 5.69 Å². The second-order valence-electron chi connectivity index (χ2n) is 4.25. The van der Waals surface area contributed by atoms with Gasteiger partial charge < -0.3 is 15.4 Å². The van der Waals surface area contributed by atoms with Gasteiger partial charge in [0.15, 0.2) is 0 Å². The molecule has 0 radical (unpaired) electrons. The number of ether oxygens (including phenoxy) is 1. The van der Waals surface area contributed by atoms with Crippen LogP contribution in [-0.4, -0.2) is 25.5 Å². The van der Waals surface area contributed by atoms with Crippen LogP contribution >= 0.6 is 27.5 Å². The van der Waals surface area contributed by atoms with E-state index >= 15 is 0 Å². The van der Waals surface area contributed by atoms with Crippen molar-refractivity contribution in [2.45, 2.75) is 6.42 Å². The van der Waals surface area contributed by atoms with E-state index in [9.17, 15) is 9.59 Å². The Kier molecular flexibility index (Phi) is 4.01. The van der Waals surface area contributed by atoms with Gasteiger partial charge in [-0.05, 0) is 28.1 Å². The number of anilines is 1. The normalized spacial score (nSPS) is 18.8. The quantitative estimate of drug-likeness (QED) is 0.908. The van der Waals surface area contributed by atoms with Crippen molar-refractivity contribution in [1.29, 1.82) is 0 Å². The monoisotopic (exact) mass is 346 g/mol. The highest BCUT2D eigenvalue weighted by atomic mass is 79.9. The number of benzene rings is 1. The van der Waals surface area contributed by atoms with Crippen molar-refractivity contribution in [3.8, 4) is 5.75 Å².